The maximum atomic E-state index is 13.4. The summed E-state index contributed by atoms with van der Waals surface area (Å²) < 4.78 is 36.2. The van der Waals surface area contributed by atoms with Gasteiger partial charge in [0, 0.05) is 5.92 Å². The van der Waals surface area contributed by atoms with Crippen molar-refractivity contribution in [2.24, 2.45) is 11.7 Å². The fourth-order valence-corrected chi connectivity index (χ4v) is 1.63. The number of nitrogens with two attached hydrogens (primary N) is 1. The fourth-order valence-electron chi connectivity index (χ4n) is 1.63. The summed E-state index contributed by atoms with van der Waals surface area (Å²) in [5.74, 6) is -6.07. The van der Waals surface area contributed by atoms with E-state index in [0.717, 1.165) is 18.2 Å². The van der Waals surface area contributed by atoms with Gasteiger partial charge in [0.25, 0.3) is 0 Å². The second-order valence-corrected chi connectivity index (χ2v) is 4.90. The summed E-state index contributed by atoms with van der Waals surface area (Å²) in [6.07, 6.45) is 0. The lowest BCUT2D eigenvalue weighted by Gasteiger charge is -2.18. The van der Waals surface area contributed by atoms with E-state index in [-0.39, 0.29) is 13.2 Å². The Labute approximate surface area is 137 Å². The van der Waals surface area contributed by atoms with Crippen LogP contribution in [-0.4, -0.2) is 37.1 Å². The molecule has 0 aromatic heterocycles. The van der Waals surface area contributed by atoms with Gasteiger partial charge in [0.15, 0.2) is 0 Å². The van der Waals surface area contributed by atoms with Gasteiger partial charge in [-0.25, -0.2) is 13.6 Å². The molecule has 2 atom stereocenters. The average molecular weight is 344 g/mol. The SMILES string of the molecule is CCOC(=O)[C@@H](N)C(C)COC(=O)C(=O)Nc1c(F)cccc1F. The zero-order valence-electron chi connectivity index (χ0n) is 13.2. The molecule has 132 valence electrons. The molecule has 1 aromatic rings. The molecule has 0 bridgehead atoms. The zero-order chi connectivity index (χ0) is 18.3. The summed E-state index contributed by atoms with van der Waals surface area (Å²) >= 11 is 0. The number of amides is 1. The number of halogens is 2. The largest absolute Gasteiger partial charge is 0.465 e. The second-order valence-electron chi connectivity index (χ2n) is 4.90. The Kier molecular flexibility index (Phi) is 7.25. The second kappa shape index (κ2) is 8.92. The number of esters is 2. The van der Waals surface area contributed by atoms with Crippen LogP contribution in [0.5, 0.6) is 0 Å². The Morgan fingerprint density at radius 3 is 2.33 bits per heavy atom. The molecule has 24 heavy (non-hydrogen) atoms. The first kappa shape index (κ1) is 19.5. The van der Waals surface area contributed by atoms with Gasteiger partial charge in [-0.05, 0) is 19.1 Å². The van der Waals surface area contributed by atoms with Crippen molar-refractivity contribution in [1.29, 1.82) is 0 Å². The molecule has 9 heteroatoms. The fraction of sp³-hybridized carbons (Fsp3) is 0.400. The minimum Gasteiger partial charge on any atom is -0.465 e. The number of hydrogen-bond acceptors (Lipinski definition) is 6. The average Bonchev–Trinajstić information content (AvgIpc) is 2.55. The van der Waals surface area contributed by atoms with Crippen molar-refractivity contribution < 1.29 is 32.6 Å². The van der Waals surface area contributed by atoms with E-state index in [1.807, 2.05) is 0 Å². The standard InChI is InChI=1S/C15H18F2N2O5/c1-3-23-14(21)11(18)8(2)7-24-15(22)13(20)19-12-9(16)5-4-6-10(12)17/h4-6,8,11H,3,7,18H2,1-2H3,(H,19,20)/t8?,11-/m0/s1. The summed E-state index contributed by atoms with van der Waals surface area (Å²) in [5.41, 5.74) is 4.85. The van der Waals surface area contributed by atoms with E-state index in [4.69, 9.17) is 10.5 Å². The highest BCUT2D eigenvalue weighted by Gasteiger charge is 2.25. The van der Waals surface area contributed by atoms with Crippen molar-refractivity contribution in [3.8, 4) is 0 Å². The van der Waals surface area contributed by atoms with Crippen LogP contribution in [0.1, 0.15) is 13.8 Å². The monoisotopic (exact) mass is 344 g/mol. The first-order valence-electron chi connectivity index (χ1n) is 7.12. The van der Waals surface area contributed by atoms with E-state index in [0.29, 0.717) is 0 Å². The van der Waals surface area contributed by atoms with Gasteiger partial charge in [0.2, 0.25) is 0 Å². The van der Waals surface area contributed by atoms with Gasteiger partial charge in [0.1, 0.15) is 23.4 Å². The van der Waals surface area contributed by atoms with Crippen LogP contribution in [-0.2, 0) is 23.9 Å². The lowest BCUT2D eigenvalue weighted by Crippen LogP contribution is -2.41. The molecule has 0 fully saturated rings. The number of hydrogen-bond donors (Lipinski definition) is 2. The third kappa shape index (κ3) is 5.27. The predicted molar refractivity (Wildman–Crippen MR) is 79.7 cm³/mol. The Morgan fingerprint density at radius 2 is 1.79 bits per heavy atom. The Bertz CT molecular complexity index is 604. The van der Waals surface area contributed by atoms with E-state index in [2.05, 4.69) is 4.74 Å². The smallest absolute Gasteiger partial charge is 0.397 e. The number of carbonyl (C=O) groups is 3. The molecule has 0 aliphatic heterocycles. The highest BCUT2D eigenvalue weighted by molar-refractivity contribution is 6.37. The number of ether oxygens (including phenoxy) is 2. The van der Waals surface area contributed by atoms with Crippen LogP contribution >= 0.6 is 0 Å². The van der Waals surface area contributed by atoms with Crippen LogP contribution in [0.15, 0.2) is 18.2 Å². The molecule has 0 saturated carbocycles. The van der Waals surface area contributed by atoms with Gasteiger partial charge in [-0.2, -0.15) is 0 Å². The summed E-state index contributed by atoms with van der Waals surface area (Å²) in [4.78, 5) is 34.6. The molecule has 0 aliphatic carbocycles. The van der Waals surface area contributed by atoms with E-state index < -0.39 is 47.1 Å². The van der Waals surface area contributed by atoms with Gasteiger partial charge in [0.05, 0.1) is 13.2 Å². The van der Waals surface area contributed by atoms with Gasteiger partial charge in [-0.15, -0.1) is 0 Å². The summed E-state index contributed by atoms with van der Waals surface area (Å²) in [6.45, 7) is 2.94. The van der Waals surface area contributed by atoms with Crippen molar-refractivity contribution in [2.75, 3.05) is 18.5 Å². The van der Waals surface area contributed by atoms with E-state index in [9.17, 15) is 23.2 Å². The van der Waals surface area contributed by atoms with Crippen LogP contribution in [0, 0.1) is 17.6 Å². The molecule has 0 heterocycles. The molecule has 1 unspecified atom stereocenters. The molecule has 7 nitrogen and oxygen atoms in total. The Morgan fingerprint density at radius 1 is 1.21 bits per heavy atom. The number of rotatable bonds is 6. The minimum atomic E-state index is -1.36. The normalized spacial score (nSPS) is 12.9. The molecule has 1 rings (SSSR count). The predicted octanol–water partition coefficient (Wildman–Crippen LogP) is 0.973. The van der Waals surface area contributed by atoms with Crippen molar-refractivity contribution in [3.63, 3.8) is 0 Å². The van der Waals surface area contributed by atoms with E-state index in [1.165, 1.54) is 6.92 Å². The molecular weight excluding hydrogens is 326 g/mol. The van der Waals surface area contributed by atoms with Crippen molar-refractivity contribution in [2.45, 2.75) is 19.9 Å². The highest BCUT2D eigenvalue weighted by atomic mass is 19.1. The quantitative estimate of drug-likeness (QED) is 0.588. The lowest BCUT2D eigenvalue weighted by atomic mass is 10.0. The molecule has 1 amide bonds. The topological polar surface area (TPSA) is 108 Å². The van der Waals surface area contributed by atoms with E-state index in [1.54, 1.807) is 12.2 Å². The zero-order valence-corrected chi connectivity index (χ0v) is 13.2. The van der Waals surface area contributed by atoms with Crippen molar-refractivity contribution in [1.82, 2.24) is 0 Å². The van der Waals surface area contributed by atoms with Crippen LogP contribution in [0.4, 0.5) is 14.5 Å². The summed E-state index contributed by atoms with van der Waals surface area (Å²) in [6, 6.07) is 1.91. The molecule has 3 N–H and O–H groups in total. The van der Waals surface area contributed by atoms with Gasteiger partial charge in [-0.1, -0.05) is 13.0 Å². The number of para-hydroxylation sites is 1. The van der Waals surface area contributed by atoms with Gasteiger partial charge in [-0.3, -0.25) is 9.59 Å². The van der Waals surface area contributed by atoms with E-state index >= 15 is 0 Å². The molecule has 0 spiro atoms. The molecule has 0 saturated heterocycles. The number of anilines is 1. The third-order valence-electron chi connectivity index (χ3n) is 3.04. The third-order valence-corrected chi connectivity index (χ3v) is 3.04. The molecule has 0 aliphatic rings. The number of carbonyl (C=O) groups excluding carboxylic acids is 3. The van der Waals surface area contributed by atoms with Crippen molar-refractivity contribution >= 4 is 23.5 Å². The first-order valence-corrected chi connectivity index (χ1v) is 7.12. The Balaban J connectivity index is 2.56. The molecule has 0 radical (unpaired) electrons. The minimum absolute atomic E-state index is 0.148. The maximum Gasteiger partial charge on any atom is 0.397 e. The van der Waals surface area contributed by atoms with Gasteiger partial charge < -0.3 is 20.5 Å². The molecule has 1 aromatic carbocycles. The lowest BCUT2D eigenvalue weighted by molar-refractivity contribution is -0.155. The number of nitrogens with one attached hydrogen (secondary N) is 1. The highest BCUT2D eigenvalue weighted by Crippen LogP contribution is 2.17. The van der Waals surface area contributed by atoms with Crippen molar-refractivity contribution in [3.05, 3.63) is 29.8 Å². The van der Waals surface area contributed by atoms with Crippen LogP contribution in [0.25, 0.3) is 0 Å². The number of benzene rings is 1. The van der Waals surface area contributed by atoms with Gasteiger partial charge >= 0.3 is 17.8 Å². The summed E-state index contributed by atoms with van der Waals surface area (Å²) in [7, 11) is 0. The molecular formula is C15H18F2N2O5. The maximum absolute atomic E-state index is 13.4. The summed E-state index contributed by atoms with van der Waals surface area (Å²) in [5, 5.41) is 1.79. The first-order chi connectivity index (χ1) is 11.3. The van der Waals surface area contributed by atoms with Crippen LogP contribution in [0.2, 0.25) is 0 Å². The Hall–Kier alpha value is -2.55. The van der Waals surface area contributed by atoms with Crippen LogP contribution in [0.3, 0.4) is 0 Å². The van der Waals surface area contributed by atoms with Crippen LogP contribution < -0.4 is 11.1 Å².